The Morgan fingerprint density at radius 1 is 1.10 bits per heavy atom. The van der Waals surface area contributed by atoms with Crippen LogP contribution in [0.5, 0.6) is 0 Å². The van der Waals surface area contributed by atoms with Gasteiger partial charge in [-0.05, 0) is 36.4 Å². The Morgan fingerprint density at radius 2 is 1.86 bits per heavy atom. The molecule has 0 aliphatic heterocycles. The normalized spacial score (nSPS) is 10.2. The topological polar surface area (TPSA) is 75.6 Å². The van der Waals surface area contributed by atoms with Gasteiger partial charge in [-0.2, -0.15) is 10.2 Å². The van der Waals surface area contributed by atoms with Crippen LogP contribution in [0.2, 0.25) is 0 Å². The molecule has 102 valence electrons. The standard InChI is InChI=1S/C15H10N4OS/c16-9-11-1-3-13(4-2-11)21-10-14-18-15(19-20-14)12-5-7-17-8-6-12/h1-8H,10H2. The van der Waals surface area contributed by atoms with Gasteiger partial charge in [0.05, 0.1) is 17.4 Å². The van der Waals surface area contributed by atoms with Crippen LogP contribution < -0.4 is 0 Å². The van der Waals surface area contributed by atoms with Crippen molar-refractivity contribution in [1.29, 1.82) is 5.26 Å². The summed E-state index contributed by atoms with van der Waals surface area (Å²) in [4.78, 5) is 9.36. The summed E-state index contributed by atoms with van der Waals surface area (Å²) in [5.41, 5.74) is 1.53. The van der Waals surface area contributed by atoms with E-state index in [4.69, 9.17) is 9.78 Å². The summed E-state index contributed by atoms with van der Waals surface area (Å²) in [6.45, 7) is 0. The molecule has 0 fully saturated rings. The van der Waals surface area contributed by atoms with Gasteiger partial charge >= 0.3 is 0 Å². The average Bonchev–Trinajstić information content (AvgIpc) is 3.03. The number of nitriles is 1. The Bertz CT molecular complexity index is 762. The first-order valence-corrected chi connectivity index (χ1v) is 7.19. The van der Waals surface area contributed by atoms with Crippen molar-refractivity contribution in [2.75, 3.05) is 0 Å². The van der Waals surface area contributed by atoms with Crippen LogP contribution in [0.15, 0.2) is 58.2 Å². The van der Waals surface area contributed by atoms with Crippen LogP contribution in [0, 0.1) is 11.3 Å². The molecule has 21 heavy (non-hydrogen) atoms. The maximum Gasteiger partial charge on any atom is 0.237 e. The second-order valence-electron chi connectivity index (χ2n) is 4.17. The first-order valence-electron chi connectivity index (χ1n) is 6.21. The first-order chi connectivity index (χ1) is 10.3. The van der Waals surface area contributed by atoms with Crippen molar-refractivity contribution < 1.29 is 4.52 Å². The van der Waals surface area contributed by atoms with E-state index in [1.54, 1.807) is 36.3 Å². The Labute approximate surface area is 125 Å². The van der Waals surface area contributed by atoms with Gasteiger partial charge in [-0.1, -0.05) is 5.16 Å². The van der Waals surface area contributed by atoms with Crippen LogP contribution in [0.4, 0.5) is 0 Å². The summed E-state index contributed by atoms with van der Waals surface area (Å²) in [6.07, 6.45) is 3.38. The lowest BCUT2D eigenvalue weighted by molar-refractivity contribution is 0.391. The molecule has 5 nitrogen and oxygen atoms in total. The van der Waals surface area contributed by atoms with Gasteiger partial charge in [-0.25, -0.2) is 0 Å². The molecule has 0 radical (unpaired) electrons. The minimum absolute atomic E-state index is 0.563. The highest BCUT2D eigenvalue weighted by Gasteiger charge is 2.08. The molecule has 0 aliphatic carbocycles. The van der Waals surface area contributed by atoms with Gasteiger partial charge in [-0.3, -0.25) is 4.98 Å². The summed E-state index contributed by atoms with van der Waals surface area (Å²) in [5.74, 6) is 1.72. The first kappa shape index (κ1) is 13.3. The highest BCUT2D eigenvalue weighted by Crippen LogP contribution is 2.23. The molecule has 0 spiro atoms. The highest BCUT2D eigenvalue weighted by atomic mass is 32.2. The molecule has 0 aliphatic rings. The number of nitrogens with zero attached hydrogens (tertiary/aromatic N) is 4. The molecule has 0 unspecified atom stereocenters. The van der Waals surface area contributed by atoms with Crippen molar-refractivity contribution in [2.45, 2.75) is 10.6 Å². The predicted octanol–water partition coefficient (Wildman–Crippen LogP) is 3.30. The third-order valence-electron chi connectivity index (χ3n) is 2.75. The Balaban J connectivity index is 1.66. The van der Waals surface area contributed by atoms with Gasteiger partial charge in [0.25, 0.3) is 0 Å². The van der Waals surface area contributed by atoms with Crippen molar-refractivity contribution in [2.24, 2.45) is 0 Å². The van der Waals surface area contributed by atoms with Crippen LogP contribution in [0.3, 0.4) is 0 Å². The summed E-state index contributed by atoms with van der Waals surface area (Å²) in [5, 5.41) is 12.7. The van der Waals surface area contributed by atoms with E-state index in [1.165, 1.54) is 0 Å². The van der Waals surface area contributed by atoms with Crippen molar-refractivity contribution in [3.05, 3.63) is 60.2 Å². The molecule has 3 rings (SSSR count). The molecular formula is C15H10N4OS. The summed E-state index contributed by atoms with van der Waals surface area (Å²) in [6, 6.07) is 13.2. The third-order valence-corrected chi connectivity index (χ3v) is 3.75. The maximum absolute atomic E-state index is 8.75. The largest absolute Gasteiger partial charge is 0.338 e. The number of thioether (sulfide) groups is 1. The Kier molecular flexibility index (Phi) is 3.94. The van der Waals surface area contributed by atoms with Crippen LogP contribution in [-0.4, -0.2) is 15.1 Å². The number of aromatic nitrogens is 3. The van der Waals surface area contributed by atoms with Crippen molar-refractivity contribution in [3.63, 3.8) is 0 Å². The number of pyridine rings is 1. The van der Waals surface area contributed by atoms with E-state index in [0.29, 0.717) is 23.0 Å². The van der Waals surface area contributed by atoms with Gasteiger partial charge in [0.15, 0.2) is 0 Å². The van der Waals surface area contributed by atoms with E-state index < -0.39 is 0 Å². The predicted molar refractivity (Wildman–Crippen MR) is 78.2 cm³/mol. The molecule has 0 atom stereocenters. The van der Waals surface area contributed by atoms with Gasteiger partial charge in [0.1, 0.15) is 0 Å². The summed E-state index contributed by atoms with van der Waals surface area (Å²) in [7, 11) is 0. The van der Waals surface area contributed by atoms with Crippen molar-refractivity contribution in [1.82, 2.24) is 15.1 Å². The number of rotatable bonds is 4. The van der Waals surface area contributed by atoms with Crippen LogP contribution >= 0.6 is 11.8 Å². The van der Waals surface area contributed by atoms with Gasteiger partial charge < -0.3 is 4.52 Å². The van der Waals surface area contributed by atoms with Gasteiger partial charge in [0, 0.05) is 22.9 Å². The summed E-state index contributed by atoms with van der Waals surface area (Å²) >= 11 is 1.58. The Morgan fingerprint density at radius 3 is 2.57 bits per heavy atom. The van der Waals surface area contributed by atoms with Crippen LogP contribution in [0.25, 0.3) is 11.4 Å². The molecule has 0 saturated carbocycles. The van der Waals surface area contributed by atoms with E-state index in [1.807, 2.05) is 24.3 Å². The second kappa shape index (κ2) is 6.20. The molecule has 0 N–H and O–H groups in total. The minimum Gasteiger partial charge on any atom is -0.338 e. The monoisotopic (exact) mass is 294 g/mol. The molecule has 0 amide bonds. The Hall–Kier alpha value is -2.65. The molecular weight excluding hydrogens is 284 g/mol. The summed E-state index contributed by atoms with van der Waals surface area (Å²) < 4.78 is 5.23. The fourth-order valence-electron chi connectivity index (χ4n) is 1.70. The zero-order valence-electron chi connectivity index (χ0n) is 10.9. The van der Waals surface area contributed by atoms with Gasteiger partial charge in [-0.15, -0.1) is 11.8 Å². The van der Waals surface area contributed by atoms with Crippen molar-refractivity contribution >= 4 is 11.8 Å². The number of benzene rings is 1. The highest BCUT2D eigenvalue weighted by molar-refractivity contribution is 7.98. The van der Waals surface area contributed by atoms with E-state index >= 15 is 0 Å². The SMILES string of the molecule is N#Cc1ccc(SCc2nc(-c3ccncc3)no2)cc1. The van der Waals surface area contributed by atoms with E-state index in [0.717, 1.165) is 10.5 Å². The van der Waals surface area contributed by atoms with E-state index in [-0.39, 0.29) is 0 Å². The molecule has 6 heteroatoms. The van der Waals surface area contributed by atoms with Crippen LogP contribution in [-0.2, 0) is 5.75 Å². The zero-order valence-corrected chi connectivity index (χ0v) is 11.7. The third kappa shape index (κ3) is 3.27. The lowest BCUT2D eigenvalue weighted by Crippen LogP contribution is -1.83. The molecule has 3 aromatic rings. The van der Waals surface area contributed by atoms with Gasteiger partial charge in [0.2, 0.25) is 11.7 Å². The lowest BCUT2D eigenvalue weighted by atomic mass is 10.2. The maximum atomic E-state index is 8.75. The molecule has 0 bridgehead atoms. The van der Waals surface area contributed by atoms with E-state index in [2.05, 4.69) is 21.2 Å². The quantitative estimate of drug-likeness (QED) is 0.687. The average molecular weight is 294 g/mol. The second-order valence-corrected chi connectivity index (χ2v) is 5.22. The smallest absolute Gasteiger partial charge is 0.237 e. The molecule has 1 aromatic carbocycles. The fourth-order valence-corrected chi connectivity index (χ4v) is 2.44. The zero-order chi connectivity index (χ0) is 14.5. The number of hydrogen-bond donors (Lipinski definition) is 0. The minimum atomic E-state index is 0.563. The molecule has 2 heterocycles. The lowest BCUT2D eigenvalue weighted by Gasteiger charge is -1.97. The fraction of sp³-hybridized carbons (Fsp3) is 0.0667. The van der Waals surface area contributed by atoms with E-state index in [9.17, 15) is 0 Å². The van der Waals surface area contributed by atoms with Crippen molar-refractivity contribution in [3.8, 4) is 17.5 Å². The number of hydrogen-bond acceptors (Lipinski definition) is 6. The molecule has 2 aromatic heterocycles. The van der Waals surface area contributed by atoms with Crippen LogP contribution in [0.1, 0.15) is 11.5 Å². The molecule has 0 saturated heterocycles.